The van der Waals surface area contributed by atoms with Crippen LogP contribution < -0.4 is 10.5 Å². The minimum atomic E-state index is 0.0623. The van der Waals surface area contributed by atoms with Crippen LogP contribution in [0.2, 0.25) is 5.02 Å². The first-order valence-electron chi connectivity index (χ1n) is 6.60. The van der Waals surface area contributed by atoms with Gasteiger partial charge < -0.3 is 10.5 Å². The lowest BCUT2D eigenvalue weighted by atomic mass is 9.76. The van der Waals surface area contributed by atoms with E-state index in [9.17, 15) is 0 Å². The molecule has 0 heterocycles. The number of nitrogens with two attached hydrogens (primary N) is 1. The average molecular weight is 268 g/mol. The van der Waals surface area contributed by atoms with Crippen LogP contribution in [-0.2, 0) is 5.41 Å². The van der Waals surface area contributed by atoms with Crippen molar-refractivity contribution in [2.24, 2.45) is 5.73 Å². The van der Waals surface area contributed by atoms with E-state index in [4.69, 9.17) is 22.1 Å². The van der Waals surface area contributed by atoms with Gasteiger partial charge in [0.1, 0.15) is 5.75 Å². The van der Waals surface area contributed by atoms with Gasteiger partial charge in [-0.1, -0.05) is 30.5 Å². The van der Waals surface area contributed by atoms with E-state index >= 15 is 0 Å². The molecule has 1 aliphatic carbocycles. The highest BCUT2D eigenvalue weighted by Crippen LogP contribution is 2.48. The first-order valence-corrected chi connectivity index (χ1v) is 6.98. The Hall–Kier alpha value is -0.730. The zero-order valence-corrected chi connectivity index (χ0v) is 12.2. The van der Waals surface area contributed by atoms with Gasteiger partial charge in [0.25, 0.3) is 0 Å². The maximum Gasteiger partial charge on any atom is 0.141 e. The van der Waals surface area contributed by atoms with Gasteiger partial charge in [0.15, 0.2) is 0 Å². The van der Waals surface area contributed by atoms with Gasteiger partial charge in [-0.15, -0.1) is 0 Å². The van der Waals surface area contributed by atoms with Crippen molar-refractivity contribution in [3.63, 3.8) is 0 Å². The minimum absolute atomic E-state index is 0.0623. The van der Waals surface area contributed by atoms with Gasteiger partial charge >= 0.3 is 0 Å². The Morgan fingerprint density at radius 2 is 1.89 bits per heavy atom. The summed E-state index contributed by atoms with van der Waals surface area (Å²) in [7, 11) is 1.70. The predicted molar refractivity (Wildman–Crippen MR) is 76.7 cm³/mol. The first kappa shape index (κ1) is 13.7. The summed E-state index contributed by atoms with van der Waals surface area (Å²) in [6, 6.07) is 2.15. The molecule has 2 N–H and O–H groups in total. The summed E-state index contributed by atoms with van der Waals surface area (Å²) in [6.07, 6.45) is 4.76. The maximum absolute atomic E-state index is 6.40. The smallest absolute Gasteiger partial charge is 0.141 e. The molecule has 1 saturated carbocycles. The Bertz CT molecular complexity index is 450. The van der Waals surface area contributed by atoms with Crippen LogP contribution in [0.25, 0.3) is 0 Å². The molecule has 0 bridgehead atoms. The van der Waals surface area contributed by atoms with Crippen molar-refractivity contribution in [1.29, 1.82) is 0 Å². The Labute approximate surface area is 114 Å². The molecule has 1 aromatic rings. The van der Waals surface area contributed by atoms with Crippen LogP contribution in [0.3, 0.4) is 0 Å². The fourth-order valence-corrected chi connectivity index (χ4v) is 3.61. The van der Waals surface area contributed by atoms with Crippen LogP contribution in [0, 0.1) is 13.8 Å². The molecule has 1 aliphatic rings. The molecular weight excluding hydrogens is 246 g/mol. The number of hydrogen-bond acceptors (Lipinski definition) is 2. The van der Waals surface area contributed by atoms with E-state index in [1.807, 2.05) is 6.92 Å². The molecule has 0 aromatic heterocycles. The van der Waals surface area contributed by atoms with Crippen molar-refractivity contribution in [2.45, 2.75) is 44.9 Å². The van der Waals surface area contributed by atoms with Crippen LogP contribution >= 0.6 is 11.6 Å². The quantitative estimate of drug-likeness (QED) is 0.906. The van der Waals surface area contributed by atoms with Crippen LogP contribution in [0.4, 0.5) is 0 Å². The van der Waals surface area contributed by atoms with Gasteiger partial charge in [0.05, 0.1) is 12.1 Å². The summed E-state index contributed by atoms with van der Waals surface area (Å²) in [5.74, 6) is 0.835. The maximum atomic E-state index is 6.40. The third kappa shape index (κ3) is 2.02. The molecule has 100 valence electrons. The summed E-state index contributed by atoms with van der Waals surface area (Å²) in [5.41, 5.74) is 9.70. The topological polar surface area (TPSA) is 35.2 Å². The van der Waals surface area contributed by atoms with Crippen molar-refractivity contribution in [3.8, 4) is 5.75 Å². The lowest BCUT2D eigenvalue weighted by molar-refractivity contribution is 0.376. The Morgan fingerprint density at radius 3 is 2.39 bits per heavy atom. The second-order valence-electron chi connectivity index (χ2n) is 5.42. The highest BCUT2D eigenvalue weighted by molar-refractivity contribution is 6.33. The van der Waals surface area contributed by atoms with Crippen molar-refractivity contribution < 1.29 is 4.74 Å². The SMILES string of the molecule is COc1c(Cl)c(C)cc(C)c1C1(CN)CCCC1. The molecule has 0 spiro atoms. The van der Waals surface area contributed by atoms with E-state index in [1.165, 1.54) is 24.0 Å². The van der Waals surface area contributed by atoms with Crippen molar-refractivity contribution in [3.05, 3.63) is 27.8 Å². The number of benzene rings is 1. The highest BCUT2D eigenvalue weighted by atomic mass is 35.5. The van der Waals surface area contributed by atoms with E-state index in [0.717, 1.165) is 29.2 Å². The monoisotopic (exact) mass is 267 g/mol. The standard InChI is InChI=1S/C15H22ClNO/c1-10-8-11(2)13(16)14(18-3)12(10)15(9-17)6-4-5-7-15/h8H,4-7,9,17H2,1-3H3. The largest absolute Gasteiger partial charge is 0.495 e. The lowest BCUT2D eigenvalue weighted by Gasteiger charge is -2.32. The summed E-state index contributed by atoms with van der Waals surface area (Å²) >= 11 is 6.40. The summed E-state index contributed by atoms with van der Waals surface area (Å²) in [4.78, 5) is 0. The van der Waals surface area contributed by atoms with Crippen molar-refractivity contribution >= 4 is 11.6 Å². The van der Waals surface area contributed by atoms with Gasteiger partial charge in [0.2, 0.25) is 0 Å². The third-order valence-corrected chi connectivity index (χ3v) is 4.76. The Balaban J connectivity index is 2.65. The van der Waals surface area contributed by atoms with E-state index in [-0.39, 0.29) is 5.41 Å². The molecule has 0 unspecified atom stereocenters. The molecule has 0 radical (unpaired) electrons. The zero-order chi connectivity index (χ0) is 13.3. The van der Waals surface area contributed by atoms with Gasteiger partial charge in [-0.3, -0.25) is 0 Å². The summed E-state index contributed by atoms with van der Waals surface area (Å²) in [6.45, 7) is 4.83. The second kappa shape index (κ2) is 5.10. The Kier molecular flexibility index (Phi) is 3.88. The summed E-state index contributed by atoms with van der Waals surface area (Å²) < 4.78 is 5.59. The third-order valence-electron chi connectivity index (χ3n) is 4.29. The molecule has 2 nitrogen and oxygen atoms in total. The van der Waals surface area contributed by atoms with E-state index in [2.05, 4.69) is 13.0 Å². The van der Waals surface area contributed by atoms with E-state index in [0.29, 0.717) is 6.54 Å². The minimum Gasteiger partial charge on any atom is -0.495 e. The second-order valence-corrected chi connectivity index (χ2v) is 5.80. The molecular formula is C15H22ClNO. The normalized spacial score (nSPS) is 18.1. The van der Waals surface area contributed by atoms with Gasteiger partial charge in [-0.05, 0) is 37.8 Å². The number of methoxy groups -OCH3 is 1. The fraction of sp³-hybridized carbons (Fsp3) is 0.600. The lowest BCUT2D eigenvalue weighted by Crippen LogP contribution is -2.33. The predicted octanol–water partition coefficient (Wildman–Crippen LogP) is 3.74. The van der Waals surface area contributed by atoms with Crippen LogP contribution in [0.5, 0.6) is 5.75 Å². The van der Waals surface area contributed by atoms with E-state index in [1.54, 1.807) is 7.11 Å². The van der Waals surface area contributed by atoms with E-state index < -0.39 is 0 Å². The summed E-state index contributed by atoms with van der Waals surface area (Å²) in [5, 5.41) is 0.734. The van der Waals surface area contributed by atoms with Gasteiger partial charge in [0, 0.05) is 17.5 Å². The van der Waals surface area contributed by atoms with Crippen molar-refractivity contribution in [2.75, 3.05) is 13.7 Å². The molecule has 0 aliphatic heterocycles. The first-order chi connectivity index (χ1) is 8.55. The molecule has 18 heavy (non-hydrogen) atoms. The molecule has 1 aromatic carbocycles. The van der Waals surface area contributed by atoms with Crippen LogP contribution in [-0.4, -0.2) is 13.7 Å². The molecule has 2 rings (SSSR count). The molecule has 0 saturated heterocycles. The molecule has 1 fully saturated rings. The fourth-order valence-electron chi connectivity index (χ4n) is 3.39. The van der Waals surface area contributed by atoms with Crippen molar-refractivity contribution in [1.82, 2.24) is 0 Å². The van der Waals surface area contributed by atoms with Gasteiger partial charge in [-0.25, -0.2) is 0 Å². The number of rotatable bonds is 3. The number of halogens is 1. The van der Waals surface area contributed by atoms with Gasteiger partial charge in [-0.2, -0.15) is 0 Å². The highest BCUT2D eigenvalue weighted by Gasteiger charge is 2.38. The number of hydrogen-bond donors (Lipinski definition) is 1. The molecule has 0 atom stereocenters. The average Bonchev–Trinajstić information content (AvgIpc) is 2.83. The number of ether oxygens (including phenoxy) is 1. The van der Waals surface area contributed by atoms with Crippen LogP contribution in [0.15, 0.2) is 6.07 Å². The zero-order valence-electron chi connectivity index (χ0n) is 11.5. The molecule has 3 heteroatoms. The number of aryl methyl sites for hydroxylation is 2. The Morgan fingerprint density at radius 1 is 1.28 bits per heavy atom. The van der Waals surface area contributed by atoms with Crippen LogP contribution in [0.1, 0.15) is 42.4 Å². The molecule has 0 amide bonds.